The van der Waals surface area contributed by atoms with E-state index in [1.165, 1.54) is 44.5 Å². The van der Waals surface area contributed by atoms with Crippen molar-refractivity contribution < 1.29 is 36.7 Å². The predicted molar refractivity (Wildman–Crippen MR) is 121 cm³/mol. The largest absolute Gasteiger partial charge is 0.504 e. The lowest BCUT2D eigenvalue weighted by Crippen LogP contribution is -2.04. The zero-order valence-corrected chi connectivity index (χ0v) is 18.4. The number of hydrogen-bond donors (Lipinski definition) is 2. The average molecular weight is 490 g/mol. The molecule has 182 valence electrons. The molecule has 0 radical (unpaired) electrons. The van der Waals surface area contributed by atoms with Gasteiger partial charge in [-0.15, -0.1) is 0 Å². The first-order valence-electron chi connectivity index (χ1n) is 10.2. The van der Waals surface area contributed by atoms with Crippen LogP contribution in [0.15, 0.2) is 52.9 Å². The van der Waals surface area contributed by atoms with Gasteiger partial charge in [0.05, 0.1) is 28.5 Å². The first-order chi connectivity index (χ1) is 16.6. The molecule has 1 heterocycles. The molecule has 3 aromatic carbocycles. The molecule has 2 N–H and O–H groups in total. The standard InChI is InChI=1S/C24H18F4N2O5/c1-29-23-20(13-4-3-5-14(8-13)24(26,27)28)21(31)22(35-23)18-10-15(34-2)9-17-16(18)6-12(11-25)7-19(17)30(32)33/h3-10,29,31H,11H2,1-2H3. The highest BCUT2D eigenvalue weighted by Crippen LogP contribution is 2.49. The van der Waals surface area contributed by atoms with Crippen molar-refractivity contribution in [1.82, 2.24) is 0 Å². The number of ether oxygens (including phenoxy) is 1. The molecule has 1 aromatic heterocycles. The van der Waals surface area contributed by atoms with Crippen LogP contribution in [0.5, 0.6) is 11.5 Å². The molecular formula is C24H18F4N2O5. The number of fused-ring (bicyclic) bond motifs is 1. The van der Waals surface area contributed by atoms with Gasteiger partial charge in [-0.1, -0.05) is 12.1 Å². The van der Waals surface area contributed by atoms with Crippen LogP contribution in [0.25, 0.3) is 33.2 Å². The number of benzene rings is 3. The van der Waals surface area contributed by atoms with Crippen LogP contribution in [-0.4, -0.2) is 24.2 Å². The number of furan rings is 1. The minimum absolute atomic E-state index is 0.0219. The van der Waals surface area contributed by atoms with Crippen molar-refractivity contribution >= 4 is 22.3 Å². The molecule has 0 amide bonds. The first kappa shape index (κ1) is 23.9. The second-order valence-corrected chi connectivity index (χ2v) is 7.59. The van der Waals surface area contributed by atoms with Gasteiger partial charge in [0.2, 0.25) is 5.88 Å². The smallest absolute Gasteiger partial charge is 0.416 e. The number of alkyl halides is 4. The van der Waals surface area contributed by atoms with Crippen LogP contribution >= 0.6 is 0 Å². The van der Waals surface area contributed by atoms with Crippen molar-refractivity contribution in [3.63, 3.8) is 0 Å². The van der Waals surface area contributed by atoms with Crippen LogP contribution in [0.2, 0.25) is 0 Å². The van der Waals surface area contributed by atoms with E-state index in [2.05, 4.69) is 5.32 Å². The Balaban J connectivity index is 2.04. The van der Waals surface area contributed by atoms with Crippen molar-refractivity contribution in [2.24, 2.45) is 0 Å². The van der Waals surface area contributed by atoms with Gasteiger partial charge in [0, 0.05) is 24.1 Å². The van der Waals surface area contributed by atoms with Crippen molar-refractivity contribution in [3.05, 3.63) is 69.8 Å². The van der Waals surface area contributed by atoms with E-state index < -0.39 is 29.1 Å². The number of methoxy groups -OCH3 is 1. The monoisotopic (exact) mass is 490 g/mol. The molecule has 4 aromatic rings. The number of anilines is 1. The number of aromatic hydroxyl groups is 1. The summed E-state index contributed by atoms with van der Waals surface area (Å²) in [7, 11) is 2.79. The maximum Gasteiger partial charge on any atom is 0.416 e. The lowest BCUT2D eigenvalue weighted by atomic mass is 9.97. The third-order valence-corrected chi connectivity index (χ3v) is 5.50. The molecule has 0 bridgehead atoms. The van der Waals surface area contributed by atoms with Gasteiger partial charge in [-0.2, -0.15) is 13.2 Å². The van der Waals surface area contributed by atoms with Crippen LogP contribution in [0.3, 0.4) is 0 Å². The Kier molecular flexibility index (Phi) is 6.01. The number of non-ortho nitro benzene ring substituents is 1. The number of hydrogen-bond acceptors (Lipinski definition) is 6. The summed E-state index contributed by atoms with van der Waals surface area (Å²) in [5.41, 5.74) is -1.17. The van der Waals surface area contributed by atoms with E-state index in [-0.39, 0.29) is 56.1 Å². The van der Waals surface area contributed by atoms with Gasteiger partial charge in [0.15, 0.2) is 11.5 Å². The number of halogens is 4. The van der Waals surface area contributed by atoms with Gasteiger partial charge in [0.1, 0.15) is 12.4 Å². The molecule has 0 spiro atoms. The quantitative estimate of drug-likeness (QED) is 0.173. The Morgan fingerprint density at radius 3 is 2.49 bits per heavy atom. The predicted octanol–water partition coefficient (Wildman–Crippen LogP) is 6.92. The molecule has 11 heteroatoms. The van der Waals surface area contributed by atoms with E-state index in [9.17, 15) is 32.8 Å². The van der Waals surface area contributed by atoms with Crippen LogP contribution in [0.1, 0.15) is 11.1 Å². The van der Waals surface area contributed by atoms with Gasteiger partial charge in [-0.25, -0.2) is 4.39 Å². The van der Waals surface area contributed by atoms with E-state index in [0.29, 0.717) is 0 Å². The van der Waals surface area contributed by atoms with Gasteiger partial charge < -0.3 is 19.6 Å². The summed E-state index contributed by atoms with van der Waals surface area (Å²) in [6.45, 7) is -0.983. The van der Waals surface area contributed by atoms with Crippen LogP contribution in [0.4, 0.5) is 29.1 Å². The summed E-state index contributed by atoms with van der Waals surface area (Å²) in [4.78, 5) is 11.0. The molecule has 0 aliphatic heterocycles. The Morgan fingerprint density at radius 1 is 1.14 bits per heavy atom. The van der Waals surface area contributed by atoms with E-state index in [1.807, 2.05) is 0 Å². The number of rotatable bonds is 6. The van der Waals surface area contributed by atoms with E-state index in [0.717, 1.165) is 18.2 Å². The maximum atomic E-state index is 13.5. The SMILES string of the molecule is CNc1oc(-c2cc(OC)cc3c([N+](=O)[O-])cc(CF)cc23)c(O)c1-c1cccc(C(F)(F)F)c1. The normalized spacial score (nSPS) is 11.6. The van der Waals surface area contributed by atoms with Crippen molar-refractivity contribution in [2.75, 3.05) is 19.5 Å². The number of nitro groups is 1. The lowest BCUT2D eigenvalue weighted by molar-refractivity contribution is -0.383. The summed E-state index contributed by atoms with van der Waals surface area (Å²) in [6, 6.07) is 9.64. The molecule has 0 fully saturated rings. The Bertz CT molecular complexity index is 1450. The van der Waals surface area contributed by atoms with Gasteiger partial charge >= 0.3 is 6.18 Å². The number of nitro benzene ring substituents is 1. The van der Waals surface area contributed by atoms with Gasteiger partial charge in [-0.05, 0) is 41.5 Å². The molecule has 0 aliphatic rings. The van der Waals surface area contributed by atoms with Gasteiger partial charge in [0.25, 0.3) is 5.69 Å². The molecule has 7 nitrogen and oxygen atoms in total. The highest BCUT2D eigenvalue weighted by Gasteiger charge is 2.32. The maximum absolute atomic E-state index is 13.5. The minimum atomic E-state index is -4.61. The average Bonchev–Trinajstić information content (AvgIpc) is 3.17. The van der Waals surface area contributed by atoms with Gasteiger partial charge in [-0.3, -0.25) is 10.1 Å². The van der Waals surface area contributed by atoms with Crippen LogP contribution in [0, 0.1) is 10.1 Å². The van der Waals surface area contributed by atoms with Crippen molar-refractivity contribution in [3.8, 4) is 33.9 Å². The fourth-order valence-corrected chi connectivity index (χ4v) is 3.91. The summed E-state index contributed by atoms with van der Waals surface area (Å²) in [6.07, 6.45) is -4.61. The minimum Gasteiger partial charge on any atom is -0.504 e. The fraction of sp³-hybridized carbons (Fsp3) is 0.167. The summed E-state index contributed by atoms with van der Waals surface area (Å²) in [5, 5.41) is 25.8. The molecule has 35 heavy (non-hydrogen) atoms. The molecule has 0 saturated carbocycles. The summed E-state index contributed by atoms with van der Waals surface area (Å²) >= 11 is 0. The Labute approximate surface area is 195 Å². The molecule has 0 aliphatic carbocycles. The van der Waals surface area contributed by atoms with E-state index in [4.69, 9.17) is 9.15 Å². The second kappa shape index (κ2) is 8.82. The topological polar surface area (TPSA) is 97.8 Å². The lowest BCUT2D eigenvalue weighted by Gasteiger charge is -2.11. The molecule has 4 rings (SSSR count). The van der Waals surface area contributed by atoms with E-state index in [1.54, 1.807) is 0 Å². The molecule has 0 atom stereocenters. The number of nitrogens with zero attached hydrogens (tertiary/aromatic N) is 1. The first-order valence-corrected chi connectivity index (χ1v) is 10.2. The van der Waals surface area contributed by atoms with E-state index >= 15 is 0 Å². The highest BCUT2D eigenvalue weighted by atomic mass is 19.4. The summed E-state index contributed by atoms with van der Waals surface area (Å²) in [5.74, 6) is -0.539. The van der Waals surface area contributed by atoms with Crippen molar-refractivity contribution in [1.29, 1.82) is 0 Å². The van der Waals surface area contributed by atoms with Crippen LogP contribution < -0.4 is 10.1 Å². The molecule has 0 unspecified atom stereocenters. The number of nitrogens with one attached hydrogen (secondary N) is 1. The zero-order chi connectivity index (χ0) is 25.5. The third-order valence-electron chi connectivity index (χ3n) is 5.50. The highest BCUT2D eigenvalue weighted by molar-refractivity contribution is 6.04. The fourth-order valence-electron chi connectivity index (χ4n) is 3.91. The molecular weight excluding hydrogens is 472 g/mol. The second-order valence-electron chi connectivity index (χ2n) is 7.59. The Morgan fingerprint density at radius 2 is 1.89 bits per heavy atom. The van der Waals surface area contributed by atoms with Crippen molar-refractivity contribution in [2.45, 2.75) is 12.9 Å². The van der Waals surface area contributed by atoms with Crippen LogP contribution in [-0.2, 0) is 12.9 Å². The third kappa shape index (κ3) is 4.20. The summed E-state index contributed by atoms with van der Waals surface area (Å²) < 4.78 is 64.4. The Hall–Kier alpha value is -4.28. The zero-order valence-electron chi connectivity index (χ0n) is 18.4. The molecule has 0 saturated heterocycles.